The predicted molar refractivity (Wildman–Crippen MR) is 83.4 cm³/mol. The topological polar surface area (TPSA) is 54.1 Å². The van der Waals surface area contributed by atoms with Crippen LogP contribution in [0.25, 0.3) is 10.8 Å². The van der Waals surface area contributed by atoms with Crippen LogP contribution in [0.15, 0.2) is 54.6 Å². The molecule has 0 spiro atoms. The third-order valence-electron chi connectivity index (χ3n) is 3.41. The molecule has 1 heterocycles. The van der Waals surface area contributed by atoms with E-state index in [1.165, 1.54) is 17.9 Å². The van der Waals surface area contributed by atoms with Gasteiger partial charge in [0, 0.05) is 16.8 Å². The normalized spacial score (nSPS) is 10.5. The molecule has 0 saturated heterocycles. The first-order valence-corrected chi connectivity index (χ1v) is 6.76. The number of ether oxygens (including phenoxy) is 1. The Morgan fingerprint density at radius 1 is 1.10 bits per heavy atom. The minimum atomic E-state index is -0.355. The highest BCUT2D eigenvalue weighted by Gasteiger charge is 2.08. The van der Waals surface area contributed by atoms with Crippen LogP contribution < -0.4 is 5.32 Å². The van der Waals surface area contributed by atoms with Crippen molar-refractivity contribution in [3.8, 4) is 0 Å². The number of rotatable bonds is 4. The lowest BCUT2D eigenvalue weighted by molar-refractivity contribution is 0.0594. The number of aromatic nitrogens is 1. The van der Waals surface area contributed by atoms with Crippen LogP contribution in [0.1, 0.15) is 16.2 Å². The summed E-state index contributed by atoms with van der Waals surface area (Å²) < 4.78 is 4.68. The van der Waals surface area contributed by atoms with Gasteiger partial charge in [-0.25, -0.2) is 4.79 Å². The van der Waals surface area contributed by atoms with Crippen LogP contribution in [0.4, 0.5) is 5.69 Å². The molecule has 3 aromatic rings. The molecule has 2 N–H and O–H groups in total. The Morgan fingerprint density at radius 2 is 1.90 bits per heavy atom. The highest BCUT2D eigenvalue weighted by atomic mass is 16.5. The van der Waals surface area contributed by atoms with Crippen molar-refractivity contribution in [3.63, 3.8) is 0 Å². The molecule has 0 fully saturated rings. The van der Waals surface area contributed by atoms with Crippen molar-refractivity contribution < 1.29 is 9.53 Å². The molecule has 0 aliphatic rings. The summed E-state index contributed by atoms with van der Waals surface area (Å²) in [6, 6.07) is 18.0. The fourth-order valence-corrected chi connectivity index (χ4v) is 2.34. The minimum Gasteiger partial charge on any atom is -0.464 e. The summed E-state index contributed by atoms with van der Waals surface area (Å²) in [6.07, 6.45) is 0. The van der Waals surface area contributed by atoms with E-state index in [2.05, 4.69) is 33.2 Å². The fraction of sp³-hybridized carbons (Fsp3) is 0.118. The molecular weight excluding hydrogens is 264 g/mol. The van der Waals surface area contributed by atoms with Crippen LogP contribution in [0, 0.1) is 0 Å². The van der Waals surface area contributed by atoms with Crippen LogP contribution in [-0.2, 0) is 11.3 Å². The van der Waals surface area contributed by atoms with Gasteiger partial charge in [-0.05, 0) is 23.6 Å². The Balaban J connectivity index is 1.77. The standard InChI is InChI=1S/C17H16N2O2/c1-21-17(20)16-10-9-13(19-16)11-18-15-8-4-6-12-5-2-3-7-14(12)15/h2-10,18-19H,11H2,1H3. The zero-order valence-corrected chi connectivity index (χ0v) is 11.7. The molecule has 0 saturated carbocycles. The van der Waals surface area contributed by atoms with Crippen molar-refractivity contribution >= 4 is 22.4 Å². The third kappa shape index (κ3) is 2.74. The zero-order chi connectivity index (χ0) is 14.7. The van der Waals surface area contributed by atoms with E-state index in [0.29, 0.717) is 12.2 Å². The second kappa shape index (κ2) is 5.71. The second-order valence-electron chi connectivity index (χ2n) is 4.77. The predicted octanol–water partition coefficient (Wildman–Crippen LogP) is 3.57. The first kappa shape index (κ1) is 13.2. The average molecular weight is 280 g/mol. The average Bonchev–Trinajstić information content (AvgIpc) is 3.01. The molecule has 0 aliphatic carbocycles. The van der Waals surface area contributed by atoms with Crippen LogP contribution >= 0.6 is 0 Å². The van der Waals surface area contributed by atoms with Gasteiger partial charge in [0.15, 0.2) is 0 Å². The van der Waals surface area contributed by atoms with Crippen molar-refractivity contribution in [2.75, 3.05) is 12.4 Å². The van der Waals surface area contributed by atoms with Gasteiger partial charge >= 0.3 is 5.97 Å². The number of aromatic amines is 1. The Bertz CT molecular complexity index is 772. The van der Waals surface area contributed by atoms with Gasteiger partial charge in [0.1, 0.15) is 5.69 Å². The summed E-state index contributed by atoms with van der Waals surface area (Å²) in [5, 5.41) is 5.77. The molecular formula is C17H16N2O2. The Hall–Kier alpha value is -2.75. The number of anilines is 1. The van der Waals surface area contributed by atoms with Gasteiger partial charge in [0.2, 0.25) is 0 Å². The number of nitrogens with one attached hydrogen (secondary N) is 2. The zero-order valence-electron chi connectivity index (χ0n) is 11.7. The third-order valence-corrected chi connectivity index (χ3v) is 3.41. The molecule has 3 rings (SSSR count). The van der Waals surface area contributed by atoms with Crippen molar-refractivity contribution in [2.24, 2.45) is 0 Å². The largest absolute Gasteiger partial charge is 0.464 e. The summed E-state index contributed by atoms with van der Waals surface area (Å²) in [5.74, 6) is -0.355. The van der Waals surface area contributed by atoms with Gasteiger partial charge in [-0.15, -0.1) is 0 Å². The quantitative estimate of drug-likeness (QED) is 0.718. The SMILES string of the molecule is COC(=O)c1ccc(CNc2cccc3ccccc23)[nH]1. The Kier molecular flexibility index (Phi) is 3.60. The van der Waals surface area contributed by atoms with Gasteiger partial charge < -0.3 is 15.0 Å². The number of benzene rings is 2. The maximum absolute atomic E-state index is 11.4. The van der Waals surface area contributed by atoms with Crippen LogP contribution in [0.3, 0.4) is 0 Å². The molecule has 0 bridgehead atoms. The monoisotopic (exact) mass is 280 g/mol. The minimum absolute atomic E-state index is 0.355. The molecule has 21 heavy (non-hydrogen) atoms. The molecule has 0 unspecified atom stereocenters. The number of esters is 1. The molecule has 1 aromatic heterocycles. The molecule has 0 radical (unpaired) electrons. The van der Waals surface area contributed by atoms with E-state index in [-0.39, 0.29) is 5.97 Å². The van der Waals surface area contributed by atoms with Gasteiger partial charge in [-0.2, -0.15) is 0 Å². The first-order valence-electron chi connectivity index (χ1n) is 6.76. The summed E-state index contributed by atoms with van der Waals surface area (Å²) >= 11 is 0. The highest BCUT2D eigenvalue weighted by molar-refractivity contribution is 5.93. The van der Waals surface area contributed by atoms with Gasteiger partial charge in [0.05, 0.1) is 13.7 Å². The maximum atomic E-state index is 11.4. The van der Waals surface area contributed by atoms with E-state index in [4.69, 9.17) is 0 Å². The number of carbonyl (C=O) groups excluding carboxylic acids is 1. The summed E-state index contributed by atoms with van der Waals surface area (Å²) in [5.41, 5.74) is 2.47. The number of methoxy groups -OCH3 is 1. The van der Waals surface area contributed by atoms with Crippen molar-refractivity contribution in [1.82, 2.24) is 4.98 Å². The number of fused-ring (bicyclic) bond motifs is 1. The Labute approximate surface area is 122 Å². The Morgan fingerprint density at radius 3 is 2.76 bits per heavy atom. The smallest absolute Gasteiger partial charge is 0.354 e. The molecule has 0 amide bonds. The summed E-state index contributed by atoms with van der Waals surface area (Å²) in [6.45, 7) is 0.616. The number of carbonyl (C=O) groups is 1. The molecule has 4 heteroatoms. The number of hydrogen-bond acceptors (Lipinski definition) is 3. The molecule has 106 valence electrons. The van der Waals surface area contributed by atoms with E-state index in [9.17, 15) is 4.79 Å². The summed E-state index contributed by atoms with van der Waals surface area (Å²) in [7, 11) is 1.37. The van der Waals surface area contributed by atoms with E-state index in [0.717, 1.165) is 11.4 Å². The molecule has 0 aliphatic heterocycles. The first-order chi connectivity index (χ1) is 10.3. The van der Waals surface area contributed by atoms with E-state index < -0.39 is 0 Å². The van der Waals surface area contributed by atoms with Crippen molar-refractivity contribution in [3.05, 3.63) is 66.0 Å². The lowest BCUT2D eigenvalue weighted by atomic mass is 10.1. The molecule has 0 atom stereocenters. The maximum Gasteiger partial charge on any atom is 0.354 e. The van der Waals surface area contributed by atoms with E-state index in [1.54, 1.807) is 6.07 Å². The van der Waals surface area contributed by atoms with Gasteiger partial charge in [-0.3, -0.25) is 0 Å². The lowest BCUT2D eigenvalue weighted by Crippen LogP contribution is -2.04. The van der Waals surface area contributed by atoms with Crippen LogP contribution in [-0.4, -0.2) is 18.1 Å². The number of hydrogen-bond donors (Lipinski definition) is 2. The highest BCUT2D eigenvalue weighted by Crippen LogP contribution is 2.23. The summed E-state index contributed by atoms with van der Waals surface area (Å²) in [4.78, 5) is 14.4. The van der Waals surface area contributed by atoms with Crippen LogP contribution in [0.2, 0.25) is 0 Å². The molecule has 4 nitrogen and oxygen atoms in total. The second-order valence-corrected chi connectivity index (χ2v) is 4.77. The fourth-order valence-electron chi connectivity index (χ4n) is 2.34. The molecule has 2 aromatic carbocycles. The van der Waals surface area contributed by atoms with Crippen molar-refractivity contribution in [2.45, 2.75) is 6.54 Å². The van der Waals surface area contributed by atoms with Gasteiger partial charge in [0.25, 0.3) is 0 Å². The van der Waals surface area contributed by atoms with Crippen LogP contribution in [0.5, 0.6) is 0 Å². The number of H-pyrrole nitrogens is 1. The van der Waals surface area contributed by atoms with Gasteiger partial charge in [-0.1, -0.05) is 36.4 Å². The van der Waals surface area contributed by atoms with E-state index in [1.807, 2.05) is 30.3 Å². The van der Waals surface area contributed by atoms with Crippen molar-refractivity contribution in [1.29, 1.82) is 0 Å². The van der Waals surface area contributed by atoms with E-state index >= 15 is 0 Å². The lowest BCUT2D eigenvalue weighted by Gasteiger charge is -2.09.